The number of alkyl halides is 1. The van der Waals surface area contributed by atoms with Gasteiger partial charge in [0.05, 0.1) is 5.69 Å². The fourth-order valence-electron chi connectivity index (χ4n) is 1.30. The van der Waals surface area contributed by atoms with Gasteiger partial charge in [0, 0.05) is 23.8 Å². The van der Waals surface area contributed by atoms with E-state index in [0.29, 0.717) is 5.69 Å². The molecule has 0 saturated heterocycles. The molecular formula is C11H8ClFN2. The molecule has 2 rings (SSSR count). The molecule has 15 heavy (non-hydrogen) atoms. The van der Waals surface area contributed by atoms with Gasteiger partial charge in [0.25, 0.3) is 0 Å². The van der Waals surface area contributed by atoms with E-state index in [0.717, 1.165) is 11.1 Å². The van der Waals surface area contributed by atoms with Crippen molar-refractivity contribution in [2.75, 3.05) is 0 Å². The van der Waals surface area contributed by atoms with Gasteiger partial charge in [-0.3, -0.25) is 4.98 Å². The Balaban J connectivity index is 2.49. The summed E-state index contributed by atoms with van der Waals surface area (Å²) < 4.78 is 13.1. The molecule has 2 nitrogen and oxygen atoms in total. The van der Waals surface area contributed by atoms with Crippen LogP contribution in [-0.2, 0) is 5.88 Å². The second kappa shape index (κ2) is 4.36. The second-order valence-corrected chi connectivity index (χ2v) is 3.32. The predicted octanol–water partition coefficient (Wildman–Crippen LogP) is 3.02. The first-order valence-electron chi connectivity index (χ1n) is 4.42. The molecule has 0 N–H and O–H groups in total. The van der Waals surface area contributed by atoms with Crippen LogP contribution in [0.15, 0.2) is 36.7 Å². The molecule has 0 aliphatic heterocycles. The number of hydrogen-bond acceptors (Lipinski definition) is 2. The van der Waals surface area contributed by atoms with Crippen LogP contribution in [0.3, 0.4) is 0 Å². The SMILES string of the molecule is Fc1cc(CCl)cc(-c2ccncc2)n1. The quantitative estimate of drug-likeness (QED) is 0.577. The highest BCUT2D eigenvalue weighted by atomic mass is 35.5. The van der Waals surface area contributed by atoms with Crippen molar-refractivity contribution in [2.24, 2.45) is 0 Å². The zero-order valence-electron chi connectivity index (χ0n) is 7.82. The normalized spacial score (nSPS) is 10.3. The predicted molar refractivity (Wildman–Crippen MR) is 57.0 cm³/mol. The first-order valence-corrected chi connectivity index (χ1v) is 4.96. The zero-order valence-corrected chi connectivity index (χ0v) is 8.58. The molecule has 2 aromatic rings. The summed E-state index contributed by atoms with van der Waals surface area (Å²) in [6, 6.07) is 6.66. The smallest absolute Gasteiger partial charge is 0.213 e. The molecule has 4 heteroatoms. The van der Waals surface area contributed by atoms with Gasteiger partial charge in [-0.25, -0.2) is 4.98 Å². The lowest BCUT2D eigenvalue weighted by Crippen LogP contribution is -1.91. The molecule has 0 amide bonds. The summed E-state index contributed by atoms with van der Waals surface area (Å²) in [5.74, 6) is -0.239. The zero-order chi connectivity index (χ0) is 10.7. The Morgan fingerprint density at radius 1 is 1.20 bits per heavy atom. The van der Waals surface area contributed by atoms with E-state index in [2.05, 4.69) is 9.97 Å². The number of rotatable bonds is 2. The van der Waals surface area contributed by atoms with Crippen LogP contribution in [0.2, 0.25) is 0 Å². The Kier molecular flexibility index (Phi) is 2.92. The molecule has 0 atom stereocenters. The van der Waals surface area contributed by atoms with Gasteiger partial charge in [-0.2, -0.15) is 4.39 Å². The lowest BCUT2D eigenvalue weighted by Gasteiger charge is -2.02. The third kappa shape index (κ3) is 2.30. The molecule has 0 aliphatic carbocycles. The van der Waals surface area contributed by atoms with Crippen molar-refractivity contribution < 1.29 is 4.39 Å². The third-order valence-electron chi connectivity index (χ3n) is 1.98. The number of aromatic nitrogens is 2. The highest BCUT2D eigenvalue weighted by molar-refractivity contribution is 6.17. The van der Waals surface area contributed by atoms with E-state index >= 15 is 0 Å². The van der Waals surface area contributed by atoms with Gasteiger partial charge in [0.15, 0.2) is 0 Å². The van der Waals surface area contributed by atoms with E-state index in [-0.39, 0.29) is 5.88 Å². The number of halogens is 2. The van der Waals surface area contributed by atoms with Crippen LogP contribution in [0.25, 0.3) is 11.3 Å². The molecule has 0 saturated carbocycles. The van der Waals surface area contributed by atoms with Gasteiger partial charge in [-0.15, -0.1) is 11.6 Å². The Morgan fingerprint density at radius 3 is 2.60 bits per heavy atom. The molecule has 0 bridgehead atoms. The van der Waals surface area contributed by atoms with Crippen LogP contribution in [-0.4, -0.2) is 9.97 Å². The maximum Gasteiger partial charge on any atom is 0.213 e. The van der Waals surface area contributed by atoms with Crippen molar-refractivity contribution in [1.29, 1.82) is 0 Å². The summed E-state index contributed by atoms with van der Waals surface area (Å²) >= 11 is 5.65. The third-order valence-corrected chi connectivity index (χ3v) is 2.29. The highest BCUT2D eigenvalue weighted by Gasteiger charge is 2.03. The van der Waals surface area contributed by atoms with Crippen LogP contribution in [0.4, 0.5) is 4.39 Å². The van der Waals surface area contributed by atoms with Crippen molar-refractivity contribution in [3.63, 3.8) is 0 Å². The van der Waals surface area contributed by atoms with Gasteiger partial charge < -0.3 is 0 Å². The minimum atomic E-state index is -0.514. The summed E-state index contributed by atoms with van der Waals surface area (Å²) in [5.41, 5.74) is 2.12. The van der Waals surface area contributed by atoms with Crippen molar-refractivity contribution in [3.05, 3.63) is 48.2 Å². The minimum absolute atomic E-state index is 0.275. The topological polar surface area (TPSA) is 25.8 Å². The maximum absolute atomic E-state index is 13.1. The van der Waals surface area contributed by atoms with Crippen molar-refractivity contribution in [2.45, 2.75) is 5.88 Å². The van der Waals surface area contributed by atoms with E-state index in [9.17, 15) is 4.39 Å². The standard InChI is InChI=1S/C11H8ClFN2/c12-7-8-5-10(15-11(13)6-8)9-1-3-14-4-2-9/h1-6H,7H2. The number of nitrogens with zero attached hydrogens (tertiary/aromatic N) is 2. The lowest BCUT2D eigenvalue weighted by atomic mass is 10.1. The molecule has 0 radical (unpaired) electrons. The Bertz CT molecular complexity index is 459. The first-order chi connectivity index (χ1) is 7.29. The molecule has 0 spiro atoms. The molecule has 0 unspecified atom stereocenters. The largest absolute Gasteiger partial charge is 0.265 e. The van der Waals surface area contributed by atoms with Crippen LogP contribution in [0.1, 0.15) is 5.56 Å². The summed E-state index contributed by atoms with van der Waals surface area (Å²) in [6.45, 7) is 0. The van der Waals surface area contributed by atoms with E-state index in [1.54, 1.807) is 30.6 Å². The molecule has 76 valence electrons. The molecule has 0 fully saturated rings. The fraction of sp³-hybridized carbons (Fsp3) is 0.0909. The summed E-state index contributed by atoms with van der Waals surface area (Å²) in [6.07, 6.45) is 3.28. The van der Waals surface area contributed by atoms with Gasteiger partial charge in [-0.05, 0) is 29.8 Å². The van der Waals surface area contributed by atoms with Crippen molar-refractivity contribution in [3.8, 4) is 11.3 Å². The Labute approximate surface area is 91.8 Å². The molecular weight excluding hydrogens is 215 g/mol. The number of hydrogen-bond donors (Lipinski definition) is 0. The summed E-state index contributed by atoms with van der Waals surface area (Å²) in [4.78, 5) is 7.69. The van der Waals surface area contributed by atoms with Crippen molar-refractivity contribution in [1.82, 2.24) is 9.97 Å². The minimum Gasteiger partial charge on any atom is -0.265 e. The van der Waals surface area contributed by atoms with Crippen LogP contribution < -0.4 is 0 Å². The van der Waals surface area contributed by atoms with Crippen molar-refractivity contribution >= 4 is 11.6 Å². The number of pyridine rings is 2. The molecule has 0 aliphatic rings. The second-order valence-electron chi connectivity index (χ2n) is 3.05. The Morgan fingerprint density at radius 2 is 1.93 bits per heavy atom. The van der Waals surface area contributed by atoms with E-state index < -0.39 is 5.95 Å². The van der Waals surface area contributed by atoms with Gasteiger partial charge in [0.1, 0.15) is 0 Å². The Hall–Kier alpha value is -1.48. The lowest BCUT2D eigenvalue weighted by molar-refractivity contribution is 0.584. The first kappa shape index (κ1) is 10.1. The molecule has 2 heterocycles. The molecule has 2 aromatic heterocycles. The summed E-state index contributed by atoms with van der Waals surface area (Å²) in [7, 11) is 0. The fourth-order valence-corrected chi connectivity index (χ4v) is 1.45. The maximum atomic E-state index is 13.1. The highest BCUT2D eigenvalue weighted by Crippen LogP contribution is 2.18. The van der Waals surface area contributed by atoms with E-state index in [1.807, 2.05) is 0 Å². The average molecular weight is 223 g/mol. The average Bonchev–Trinajstić information content (AvgIpc) is 2.29. The van der Waals surface area contributed by atoms with Crippen LogP contribution >= 0.6 is 11.6 Å². The van der Waals surface area contributed by atoms with Crippen LogP contribution in [0, 0.1) is 5.95 Å². The van der Waals surface area contributed by atoms with Gasteiger partial charge >= 0.3 is 0 Å². The van der Waals surface area contributed by atoms with E-state index in [1.165, 1.54) is 6.07 Å². The summed E-state index contributed by atoms with van der Waals surface area (Å²) in [5, 5.41) is 0. The van der Waals surface area contributed by atoms with E-state index in [4.69, 9.17) is 11.6 Å². The van der Waals surface area contributed by atoms with Gasteiger partial charge in [-0.1, -0.05) is 0 Å². The van der Waals surface area contributed by atoms with Gasteiger partial charge in [0.2, 0.25) is 5.95 Å². The molecule has 0 aromatic carbocycles. The monoisotopic (exact) mass is 222 g/mol. The van der Waals surface area contributed by atoms with Crippen LogP contribution in [0.5, 0.6) is 0 Å².